The van der Waals surface area contributed by atoms with E-state index in [9.17, 15) is 14.8 Å². The van der Waals surface area contributed by atoms with Crippen molar-refractivity contribution in [2.75, 3.05) is 0 Å². The molecule has 5 heteroatoms. The molecule has 0 aliphatic heterocycles. The van der Waals surface area contributed by atoms with Crippen molar-refractivity contribution >= 4 is 29.3 Å². The summed E-state index contributed by atoms with van der Waals surface area (Å²) in [6.45, 7) is 0. The van der Waals surface area contributed by atoms with Gasteiger partial charge in [0.15, 0.2) is 0 Å². The second-order valence-electron chi connectivity index (χ2n) is 5.44. The van der Waals surface area contributed by atoms with Crippen LogP contribution in [-0.2, 0) is 4.79 Å². The summed E-state index contributed by atoms with van der Waals surface area (Å²) in [6.07, 6.45) is 0. The normalized spacial score (nSPS) is 12.1. The van der Waals surface area contributed by atoms with Gasteiger partial charge in [-0.15, -0.1) is 0 Å². The van der Waals surface area contributed by atoms with Crippen LogP contribution in [0.15, 0.2) is 66.7 Å². The highest BCUT2D eigenvalue weighted by atomic mass is 16.4. The second kappa shape index (κ2) is 6.24. The van der Waals surface area contributed by atoms with E-state index in [2.05, 4.69) is 0 Å². The van der Waals surface area contributed by atoms with Gasteiger partial charge in [-0.05, 0) is 27.4 Å². The average Bonchev–Trinajstić information content (AvgIpc) is 2.55. The number of primary amides is 1. The molecule has 3 rings (SSSR count). The summed E-state index contributed by atoms with van der Waals surface area (Å²) >= 11 is 0. The van der Waals surface area contributed by atoms with E-state index < -0.39 is 18.9 Å². The first-order valence-corrected chi connectivity index (χ1v) is 7.31. The smallest absolute Gasteiger partial charge is 0.423 e. The van der Waals surface area contributed by atoms with Crippen LogP contribution in [-0.4, -0.2) is 23.1 Å². The van der Waals surface area contributed by atoms with Gasteiger partial charge in [0.2, 0.25) is 5.91 Å². The summed E-state index contributed by atoms with van der Waals surface area (Å²) < 4.78 is 0. The van der Waals surface area contributed by atoms with E-state index in [0.29, 0.717) is 5.46 Å². The van der Waals surface area contributed by atoms with Crippen LogP contribution in [0.5, 0.6) is 0 Å². The number of hydrogen-bond donors (Lipinski definition) is 3. The predicted molar refractivity (Wildman–Crippen MR) is 91.3 cm³/mol. The number of carbonyl (C=O) groups excluding carboxylic acids is 1. The van der Waals surface area contributed by atoms with E-state index in [-0.39, 0.29) is 0 Å². The number of hydrogen-bond acceptors (Lipinski definition) is 3. The van der Waals surface area contributed by atoms with Crippen LogP contribution in [0.4, 0.5) is 0 Å². The number of fused-ring (bicyclic) bond motifs is 1. The van der Waals surface area contributed by atoms with Gasteiger partial charge in [0.05, 0.1) is 5.92 Å². The molecule has 0 radical (unpaired) electrons. The van der Waals surface area contributed by atoms with E-state index in [4.69, 9.17) is 5.73 Å². The fourth-order valence-corrected chi connectivity index (χ4v) is 2.86. The van der Waals surface area contributed by atoms with E-state index in [1.807, 2.05) is 42.5 Å². The van der Waals surface area contributed by atoms with Crippen molar-refractivity contribution in [3.63, 3.8) is 0 Å². The Morgan fingerprint density at radius 2 is 1.57 bits per heavy atom. The van der Waals surface area contributed by atoms with Gasteiger partial charge in [-0.1, -0.05) is 66.7 Å². The van der Waals surface area contributed by atoms with Crippen LogP contribution in [0.1, 0.15) is 17.0 Å². The van der Waals surface area contributed by atoms with Crippen molar-refractivity contribution in [2.24, 2.45) is 5.73 Å². The lowest BCUT2D eigenvalue weighted by molar-refractivity contribution is -0.118. The molecule has 0 heterocycles. The molecule has 0 saturated heterocycles. The summed E-state index contributed by atoms with van der Waals surface area (Å²) in [6, 6.07) is 20.2. The van der Waals surface area contributed by atoms with Crippen molar-refractivity contribution in [3.05, 3.63) is 77.9 Å². The molecule has 0 spiro atoms. The minimum atomic E-state index is -1.53. The average molecular weight is 305 g/mol. The first kappa shape index (κ1) is 15.3. The Kier molecular flexibility index (Phi) is 4.15. The third-order valence-electron chi connectivity index (χ3n) is 3.99. The molecule has 1 atom stereocenters. The fraction of sp³-hybridized carbons (Fsp3) is 0.0556. The fourth-order valence-electron chi connectivity index (χ4n) is 2.86. The second-order valence-corrected chi connectivity index (χ2v) is 5.44. The lowest BCUT2D eigenvalue weighted by Crippen LogP contribution is -2.30. The molecule has 23 heavy (non-hydrogen) atoms. The van der Waals surface area contributed by atoms with Gasteiger partial charge in [0, 0.05) is 0 Å². The van der Waals surface area contributed by atoms with Gasteiger partial charge in [0.1, 0.15) is 0 Å². The van der Waals surface area contributed by atoms with Crippen LogP contribution >= 0.6 is 0 Å². The van der Waals surface area contributed by atoms with E-state index in [1.54, 1.807) is 24.3 Å². The zero-order valence-corrected chi connectivity index (χ0v) is 12.4. The Morgan fingerprint density at radius 1 is 0.913 bits per heavy atom. The highest BCUT2D eigenvalue weighted by Gasteiger charge is 2.22. The highest BCUT2D eigenvalue weighted by Crippen LogP contribution is 2.30. The van der Waals surface area contributed by atoms with E-state index in [0.717, 1.165) is 21.9 Å². The number of carbonyl (C=O) groups is 1. The topological polar surface area (TPSA) is 83.6 Å². The number of amides is 1. The Morgan fingerprint density at radius 3 is 2.22 bits per heavy atom. The summed E-state index contributed by atoms with van der Waals surface area (Å²) in [7, 11) is -1.53. The van der Waals surface area contributed by atoms with Gasteiger partial charge in [-0.3, -0.25) is 4.79 Å². The number of rotatable bonds is 4. The summed E-state index contributed by atoms with van der Waals surface area (Å²) in [5.41, 5.74) is 7.58. The van der Waals surface area contributed by atoms with Crippen LogP contribution < -0.4 is 11.2 Å². The monoisotopic (exact) mass is 305 g/mol. The van der Waals surface area contributed by atoms with Crippen LogP contribution in [0.3, 0.4) is 0 Å². The summed E-state index contributed by atoms with van der Waals surface area (Å²) in [4.78, 5) is 12.1. The zero-order valence-electron chi connectivity index (χ0n) is 12.4. The molecule has 0 aromatic heterocycles. The van der Waals surface area contributed by atoms with Gasteiger partial charge in [-0.2, -0.15) is 0 Å². The summed E-state index contributed by atoms with van der Waals surface area (Å²) in [5, 5.41) is 20.4. The molecule has 4 N–H and O–H groups in total. The Hall–Kier alpha value is -2.63. The molecule has 0 aliphatic rings. The molecule has 4 nitrogen and oxygen atoms in total. The maximum Gasteiger partial charge on any atom is 0.488 e. The lowest BCUT2D eigenvalue weighted by Gasteiger charge is -2.17. The lowest BCUT2D eigenvalue weighted by atomic mass is 9.78. The largest absolute Gasteiger partial charge is 0.488 e. The molecule has 3 aromatic rings. The molecule has 1 unspecified atom stereocenters. The molecular formula is C18H16BNO3. The maximum absolute atomic E-state index is 12.1. The third kappa shape index (κ3) is 2.97. The van der Waals surface area contributed by atoms with Crippen LogP contribution in [0.25, 0.3) is 10.8 Å². The van der Waals surface area contributed by atoms with Crippen molar-refractivity contribution in [1.82, 2.24) is 0 Å². The SMILES string of the molecule is NC(=O)C(c1ccc(B(O)O)cc1)c1cccc2ccccc12. The van der Waals surface area contributed by atoms with Gasteiger partial charge in [0.25, 0.3) is 0 Å². The molecule has 0 bridgehead atoms. The molecule has 0 fully saturated rings. The molecule has 3 aromatic carbocycles. The zero-order chi connectivity index (χ0) is 16.4. The Labute approximate surface area is 134 Å². The quantitative estimate of drug-likeness (QED) is 0.632. The summed E-state index contributed by atoms with van der Waals surface area (Å²) in [5.74, 6) is -1.04. The molecule has 0 aliphatic carbocycles. The standard InChI is InChI=1S/C18H16BNO3/c20-18(21)17(13-8-10-14(11-9-13)19(22)23)16-7-3-5-12-4-1-2-6-15(12)16/h1-11,17,22-23H,(H2,20,21). The van der Waals surface area contributed by atoms with Crippen molar-refractivity contribution in [1.29, 1.82) is 0 Å². The van der Waals surface area contributed by atoms with Crippen molar-refractivity contribution in [2.45, 2.75) is 5.92 Å². The van der Waals surface area contributed by atoms with E-state index in [1.165, 1.54) is 0 Å². The molecule has 0 saturated carbocycles. The van der Waals surface area contributed by atoms with Crippen LogP contribution in [0.2, 0.25) is 0 Å². The minimum Gasteiger partial charge on any atom is -0.423 e. The molecule has 1 amide bonds. The minimum absolute atomic E-state index is 0.370. The molecule has 114 valence electrons. The Balaban J connectivity index is 2.13. The third-order valence-corrected chi connectivity index (χ3v) is 3.99. The molecular weight excluding hydrogens is 289 g/mol. The van der Waals surface area contributed by atoms with Crippen molar-refractivity contribution < 1.29 is 14.8 Å². The van der Waals surface area contributed by atoms with E-state index >= 15 is 0 Å². The predicted octanol–water partition coefficient (Wildman–Crippen LogP) is 1.14. The number of benzene rings is 3. The highest BCUT2D eigenvalue weighted by molar-refractivity contribution is 6.58. The Bertz CT molecular complexity index is 841. The van der Waals surface area contributed by atoms with Crippen molar-refractivity contribution in [3.8, 4) is 0 Å². The van der Waals surface area contributed by atoms with Gasteiger partial charge < -0.3 is 15.8 Å². The van der Waals surface area contributed by atoms with Gasteiger partial charge in [-0.25, -0.2) is 0 Å². The van der Waals surface area contributed by atoms with Crippen LogP contribution in [0, 0.1) is 0 Å². The van der Waals surface area contributed by atoms with Gasteiger partial charge >= 0.3 is 7.12 Å². The maximum atomic E-state index is 12.1. The first-order valence-electron chi connectivity index (χ1n) is 7.31. The first-order chi connectivity index (χ1) is 11.1. The number of nitrogens with two attached hydrogens (primary N) is 1.